The van der Waals surface area contributed by atoms with Crippen LogP contribution in [0.5, 0.6) is 0 Å². The molecule has 2 aromatic carbocycles. The van der Waals surface area contributed by atoms with Crippen molar-refractivity contribution in [3.05, 3.63) is 70.8 Å². The van der Waals surface area contributed by atoms with Crippen LogP contribution < -0.4 is 5.32 Å². The van der Waals surface area contributed by atoms with Crippen molar-refractivity contribution in [1.29, 1.82) is 0 Å². The van der Waals surface area contributed by atoms with Crippen molar-refractivity contribution >= 4 is 11.9 Å². The van der Waals surface area contributed by atoms with Crippen LogP contribution in [0.15, 0.2) is 48.5 Å². The molecule has 0 saturated carbocycles. The SMILES string of the molecule is Cc1cccc(CC(CNC(=O)Cc2ccccc2C(F)(F)F)C(=O)O)c1. The zero-order valence-corrected chi connectivity index (χ0v) is 14.7. The average Bonchev–Trinajstić information content (AvgIpc) is 2.58. The maximum Gasteiger partial charge on any atom is 0.416 e. The maximum absolute atomic E-state index is 13.0. The van der Waals surface area contributed by atoms with Gasteiger partial charge in [-0.2, -0.15) is 13.2 Å². The molecule has 144 valence electrons. The van der Waals surface area contributed by atoms with E-state index in [1.807, 2.05) is 25.1 Å². The molecule has 0 fully saturated rings. The highest BCUT2D eigenvalue weighted by molar-refractivity contribution is 5.80. The molecule has 2 rings (SSSR count). The van der Waals surface area contributed by atoms with Crippen LogP contribution in [0.1, 0.15) is 22.3 Å². The minimum absolute atomic E-state index is 0.145. The number of benzene rings is 2. The monoisotopic (exact) mass is 379 g/mol. The van der Waals surface area contributed by atoms with Gasteiger partial charge in [-0.25, -0.2) is 0 Å². The van der Waals surface area contributed by atoms with Gasteiger partial charge in [-0.1, -0.05) is 48.0 Å². The van der Waals surface area contributed by atoms with Gasteiger partial charge >= 0.3 is 12.1 Å². The molecule has 0 bridgehead atoms. The zero-order valence-electron chi connectivity index (χ0n) is 14.7. The van der Waals surface area contributed by atoms with Crippen molar-refractivity contribution in [2.75, 3.05) is 6.54 Å². The number of halogens is 3. The highest BCUT2D eigenvalue weighted by atomic mass is 19.4. The summed E-state index contributed by atoms with van der Waals surface area (Å²) in [7, 11) is 0. The van der Waals surface area contributed by atoms with Crippen LogP contribution in [0.3, 0.4) is 0 Å². The van der Waals surface area contributed by atoms with Crippen molar-refractivity contribution in [1.82, 2.24) is 5.32 Å². The molecule has 1 atom stereocenters. The Kier molecular flexibility index (Phi) is 6.60. The van der Waals surface area contributed by atoms with Crippen LogP contribution in [0.2, 0.25) is 0 Å². The van der Waals surface area contributed by atoms with E-state index >= 15 is 0 Å². The lowest BCUT2D eigenvalue weighted by atomic mass is 9.98. The van der Waals surface area contributed by atoms with Gasteiger partial charge < -0.3 is 10.4 Å². The molecule has 0 aliphatic carbocycles. The number of hydrogen-bond donors (Lipinski definition) is 2. The molecule has 0 aromatic heterocycles. The van der Waals surface area contributed by atoms with E-state index in [1.54, 1.807) is 6.07 Å². The molecule has 4 nitrogen and oxygen atoms in total. The molecule has 27 heavy (non-hydrogen) atoms. The normalized spacial score (nSPS) is 12.4. The summed E-state index contributed by atoms with van der Waals surface area (Å²) >= 11 is 0. The number of carboxylic acids is 1. The summed E-state index contributed by atoms with van der Waals surface area (Å²) in [5, 5.41) is 11.8. The summed E-state index contributed by atoms with van der Waals surface area (Å²) in [6.45, 7) is 1.73. The van der Waals surface area contributed by atoms with E-state index in [0.717, 1.165) is 17.2 Å². The molecule has 0 aliphatic heterocycles. The van der Waals surface area contributed by atoms with Gasteiger partial charge in [0.2, 0.25) is 5.91 Å². The van der Waals surface area contributed by atoms with Crippen LogP contribution in [-0.2, 0) is 28.6 Å². The van der Waals surface area contributed by atoms with Crippen molar-refractivity contribution in [3.63, 3.8) is 0 Å². The molecule has 0 radical (unpaired) electrons. The van der Waals surface area contributed by atoms with Gasteiger partial charge in [-0.05, 0) is 30.5 Å². The smallest absolute Gasteiger partial charge is 0.416 e. The first-order valence-corrected chi connectivity index (χ1v) is 8.37. The second kappa shape index (κ2) is 8.70. The van der Waals surface area contributed by atoms with Crippen LogP contribution >= 0.6 is 0 Å². The van der Waals surface area contributed by atoms with Gasteiger partial charge in [0.1, 0.15) is 0 Å². The first kappa shape index (κ1) is 20.5. The quantitative estimate of drug-likeness (QED) is 0.772. The minimum atomic E-state index is -4.55. The molecule has 2 aromatic rings. The Morgan fingerprint density at radius 3 is 2.44 bits per heavy atom. The fourth-order valence-corrected chi connectivity index (χ4v) is 2.79. The van der Waals surface area contributed by atoms with Gasteiger partial charge in [-0.15, -0.1) is 0 Å². The van der Waals surface area contributed by atoms with Gasteiger partial charge in [0, 0.05) is 6.54 Å². The van der Waals surface area contributed by atoms with Gasteiger partial charge in [0.25, 0.3) is 0 Å². The standard InChI is InChI=1S/C20H20F3NO3/c1-13-5-4-6-14(9-13)10-16(19(26)27)12-24-18(25)11-15-7-2-3-8-17(15)20(21,22)23/h2-9,16H,10-12H2,1H3,(H,24,25)(H,26,27). The summed E-state index contributed by atoms with van der Waals surface area (Å²) in [6, 6.07) is 12.2. The number of carboxylic acid groups (broad SMARTS) is 1. The fraction of sp³-hybridized carbons (Fsp3) is 0.300. The number of nitrogens with one attached hydrogen (secondary N) is 1. The highest BCUT2D eigenvalue weighted by Gasteiger charge is 2.33. The number of hydrogen-bond acceptors (Lipinski definition) is 2. The lowest BCUT2D eigenvalue weighted by Crippen LogP contribution is -2.35. The molecule has 7 heteroatoms. The van der Waals surface area contributed by atoms with E-state index in [0.29, 0.717) is 0 Å². The number of rotatable bonds is 7. The first-order chi connectivity index (χ1) is 12.7. The van der Waals surface area contributed by atoms with Crippen LogP contribution in [0.4, 0.5) is 13.2 Å². The largest absolute Gasteiger partial charge is 0.481 e. The summed E-state index contributed by atoms with van der Waals surface area (Å²) in [4.78, 5) is 23.5. The second-order valence-electron chi connectivity index (χ2n) is 6.36. The van der Waals surface area contributed by atoms with Crippen molar-refractivity contribution in [2.45, 2.75) is 25.9 Å². The molecular formula is C20H20F3NO3. The maximum atomic E-state index is 13.0. The van der Waals surface area contributed by atoms with E-state index in [2.05, 4.69) is 5.32 Å². The molecule has 0 heterocycles. The summed E-state index contributed by atoms with van der Waals surface area (Å²) in [5.74, 6) is -2.59. The minimum Gasteiger partial charge on any atom is -0.481 e. The Morgan fingerprint density at radius 2 is 1.81 bits per heavy atom. The third-order valence-electron chi connectivity index (χ3n) is 4.13. The highest BCUT2D eigenvalue weighted by Crippen LogP contribution is 2.32. The van der Waals surface area contributed by atoms with Crippen molar-refractivity contribution < 1.29 is 27.9 Å². The molecule has 0 spiro atoms. The molecule has 2 N–H and O–H groups in total. The number of carbonyl (C=O) groups is 2. The molecule has 1 unspecified atom stereocenters. The lowest BCUT2D eigenvalue weighted by Gasteiger charge is -2.15. The third-order valence-corrected chi connectivity index (χ3v) is 4.13. The Morgan fingerprint density at radius 1 is 1.11 bits per heavy atom. The van der Waals surface area contributed by atoms with Crippen molar-refractivity contribution in [2.24, 2.45) is 5.92 Å². The predicted octanol–water partition coefficient (Wildman–Crippen LogP) is 3.62. The van der Waals surface area contributed by atoms with Gasteiger partial charge in [0.05, 0.1) is 17.9 Å². The number of amides is 1. The number of alkyl halides is 3. The van der Waals surface area contributed by atoms with E-state index < -0.39 is 36.0 Å². The van der Waals surface area contributed by atoms with Gasteiger partial charge in [-0.3, -0.25) is 9.59 Å². The van der Waals surface area contributed by atoms with Crippen LogP contribution in [0, 0.1) is 12.8 Å². The van der Waals surface area contributed by atoms with E-state index in [-0.39, 0.29) is 18.5 Å². The number of aliphatic carboxylic acids is 1. The Bertz CT molecular complexity index is 818. The zero-order chi connectivity index (χ0) is 20.0. The molecule has 1 amide bonds. The van der Waals surface area contributed by atoms with Crippen LogP contribution in [-0.4, -0.2) is 23.5 Å². The number of aryl methyl sites for hydroxylation is 1. The molecule has 0 saturated heterocycles. The van der Waals surface area contributed by atoms with Crippen LogP contribution in [0.25, 0.3) is 0 Å². The Balaban J connectivity index is 2.00. The van der Waals surface area contributed by atoms with E-state index in [1.165, 1.54) is 18.2 Å². The molecular weight excluding hydrogens is 359 g/mol. The van der Waals surface area contributed by atoms with E-state index in [4.69, 9.17) is 0 Å². The number of carbonyl (C=O) groups excluding carboxylic acids is 1. The van der Waals surface area contributed by atoms with Crippen molar-refractivity contribution in [3.8, 4) is 0 Å². The molecule has 0 aliphatic rings. The fourth-order valence-electron chi connectivity index (χ4n) is 2.79. The second-order valence-corrected chi connectivity index (χ2v) is 6.36. The Hall–Kier alpha value is -2.83. The first-order valence-electron chi connectivity index (χ1n) is 8.37. The van der Waals surface area contributed by atoms with Gasteiger partial charge in [0.15, 0.2) is 0 Å². The summed E-state index contributed by atoms with van der Waals surface area (Å²) < 4.78 is 39.0. The summed E-state index contributed by atoms with van der Waals surface area (Å²) in [5.41, 5.74) is 0.797. The Labute approximate surface area is 155 Å². The predicted molar refractivity (Wildman–Crippen MR) is 94.2 cm³/mol. The average molecular weight is 379 g/mol. The lowest BCUT2D eigenvalue weighted by molar-refractivity contribution is -0.141. The third kappa shape index (κ3) is 6.13. The van der Waals surface area contributed by atoms with E-state index in [9.17, 15) is 27.9 Å². The topological polar surface area (TPSA) is 66.4 Å². The summed E-state index contributed by atoms with van der Waals surface area (Å²) in [6.07, 6.45) is -4.80.